The maximum absolute atomic E-state index is 6.38. The second-order valence-electron chi connectivity index (χ2n) is 3.97. The van der Waals surface area contributed by atoms with Gasteiger partial charge in [-0.3, -0.25) is 0 Å². The van der Waals surface area contributed by atoms with Crippen LogP contribution in [0.3, 0.4) is 0 Å². The maximum Gasteiger partial charge on any atom is 0.0888 e. The molecular weight excluding hydrogens is 353 g/mol. The minimum atomic E-state index is 0.0613. The van der Waals surface area contributed by atoms with Gasteiger partial charge < -0.3 is 5.32 Å². The first-order valence-electron chi connectivity index (χ1n) is 5.41. The van der Waals surface area contributed by atoms with Crippen LogP contribution in [-0.2, 0) is 0 Å². The molecular formula is C13H12BrCl2NS. The number of rotatable bonds is 3. The fourth-order valence-corrected chi connectivity index (χ4v) is 3.96. The van der Waals surface area contributed by atoms with Gasteiger partial charge in [-0.1, -0.05) is 41.4 Å². The van der Waals surface area contributed by atoms with Crippen molar-refractivity contribution in [2.45, 2.75) is 13.0 Å². The fourth-order valence-electron chi connectivity index (χ4n) is 1.85. The van der Waals surface area contributed by atoms with Crippen LogP contribution in [0.2, 0.25) is 10.0 Å². The van der Waals surface area contributed by atoms with Crippen molar-refractivity contribution in [1.82, 2.24) is 5.32 Å². The molecule has 0 aliphatic heterocycles. The number of hydrogen-bond acceptors (Lipinski definition) is 2. The maximum atomic E-state index is 6.38. The Hall–Kier alpha value is -0.0600. The molecule has 0 fully saturated rings. The molecule has 0 aliphatic carbocycles. The molecule has 2 rings (SSSR count). The number of aryl methyl sites for hydroxylation is 1. The van der Waals surface area contributed by atoms with Gasteiger partial charge in [-0.25, -0.2) is 0 Å². The summed E-state index contributed by atoms with van der Waals surface area (Å²) in [5.41, 5.74) is 2.15. The molecule has 0 bridgehead atoms. The minimum absolute atomic E-state index is 0.0613. The molecule has 1 aromatic heterocycles. The van der Waals surface area contributed by atoms with Crippen molar-refractivity contribution in [3.63, 3.8) is 0 Å². The smallest absolute Gasteiger partial charge is 0.0888 e. The molecule has 1 N–H and O–H groups in total. The first kappa shape index (κ1) is 14.4. The average molecular weight is 365 g/mol. The van der Waals surface area contributed by atoms with Crippen molar-refractivity contribution in [1.29, 1.82) is 0 Å². The van der Waals surface area contributed by atoms with Crippen LogP contribution in [-0.4, -0.2) is 7.05 Å². The highest BCUT2D eigenvalue weighted by atomic mass is 79.9. The SMILES string of the molecule is CNC(c1cc(Cl)c(Br)s1)c1cccc(C)c1Cl. The van der Waals surface area contributed by atoms with Crippen LogP contribution in [0, 0.1) is 6.92 Å². The summed E-state index contributed by atoms with van der Waals surface area (Å²) < 4.78 is 0.947. The van der Waals surface area contributed by atoms with Crippen molar-refractivity contribution in [2.75, 3.05) is 7.05 Å². The first-order chi connectivity index (χ1) is 8.54. The third-order valence-corrected chi connectivity index (χ3v) is 5.83. The Kier molecular flexibility index (Phi) is 4.73. The van der Waals surface area contributed by atoms with Gasteiger partial charge in [0.1, 0.15) is 0 Å². The van der Waals surface area contributed by atoms with Crippen molar-refractivity contribution in [3.05, 3.63) is 54.1 Å². The Morgan fingerprint density at radius 3 is 2.61 bits per heavy atom. The molecule has 0 radical (unpaired) electrons. The van der Waals surface area contributed by atoms with Crippen molar-refractivity contribution < 1.29 is 0 Å². The van der Waals surface area contributed by atoms with E-state index in [1.165, 1.54) is 0 Å². The second-order valence-corrected chi connectivity index (χ2v) is 7.16. The summed E-state index contributed by atoms with van der Waals surface area (Å²) in [7, 11) is 1.92. The summed E-state index contributed by atoms with van der Waals surface area (Å²) in [6, 6.07) is 8.10. The molecule has 1 aromatic carbocycles. The van der Waals surface area contributed by atoms with Crippen molar-refractivity contribution >= 4 is 50.5 Å². The molecule has 1 unspecified atom stereocenters. The zero-order valence-electron chi connectivity index (χ0n) is 9.93. The summed E-state index contributed by atoms with van der Waals surface area (Å²) in [5.74, 6) is 0. The van der Waals surface area contributed by atoms with Crippen LogP contribution in [0.1, 0.15) is 22.0 Å². The van der Waals surface area contributed by atoms with Crippen LogP contribution in [0.25, 0.3) is 0 Å². The first-order valence-corrected chi connectivity index (χ1v) is 7.78. The van der Waals surface area contributed by atoms with Crippen LogP contribution < -0.4 is 5.32 Å². The summed E-state index contributed by atoms with van der Waals surface area (Å²) in [6.07, 6.45) is 0. The molecule has 18 heavy (non-hydrogen) atoms. The van der Waals surface area contributed by atoms with E-state index in [2.05, 4.69) is 21.2 Å². The lowest BCUT2D eigenvalue weighted by Gasteiger charge is -2.17. The molecule has 1 heterocycles. The Balaban J connectivity index is 2.48. The van der Waals surface area contributed by atoms with Gasteiger partial charge in [0, 0.05) is 9.90 Å². The van der Waals surface area contributed by atoms with Gasteiger partial charge in [-0.15, -0.1) is 11.3 Å². The molecule has 5 heteroatoms. The van der Waals surface area contributed by atoms with E-state index < -0.39 is 0 Å². The van der Waals surface area contributed by atoms with Crippen LogP contribution >= 0.6 is 50.5 Å². The Morgan fingerprint density at radius 1 is 1.33 bits per heavy atom. The average Bonchev–Trinajstić information content (AvgIpc) is 2.66. The highest BCUT2D eigenvalue weighted by Crippen LogP contribution is 2.39. The zero-order valence-corrected chi connectivity index (χ0v) is 13.8. The highest BCUT2D eigenvalue weighted by Gasteiger charge is 2.19. The quantitative estimate of drug-likeness (QED) is 0.765. The van der Waals surface area contributed by atoms with E-state index >= 15 is 0 Å². The Labute approximate surface area is 129 Å². The predicted molar refractivity (Wildman–Crippen MR) is 84.1 cm³/mol. The van der Waals surface area contributed by atoms with E-state index in [9.17, 15) is 0 Å². The van der Waals surface area contributed by atoms with Gasteiger partial charge in [0.2, 0.25) is 0 Å². The summed E-state index contributed by atoms with van der Waals surface area (Å²) in [6.45, 7) is 2.01. The molecule has 1 nitrogen and oxygen atoms in total. The van der Waals surface area contributed by atoms with E-state index in [0.29, 0.717) is 0 Å². The Morgan fingerprint density at radius 2 is 2.06 bits per heavy atom. The largest absolute Gasteiger partial charge is 0.309 e. The van der Waals surface area contributed by atoms with Gasteiger partial charge in [0.25, 0.3) is 0 Å². The second kappa shape index (κ2) is 5.93. The van der Waals surface area contributed by atoms with Crippen LogP contribution in [0.4, 0.5) is 0 Å². The number of halogens is 3. The van der Waals surface area contributed by atoms with Gasteiger partial charge in [-0.05, 0) is 47.1 Å². The minimum Gasteiger partial charge on any atom is -0.309 e. The van der Waals surface area contributed by atoms with Gasteiger partial charge in [-0.2, -0.15) is 0 Å². The summed E-state index contributed by atoms with van der Waals surface area (Å²) in [4.78, 5) is 1.14. The molecule has 0 amide bonds. The fraction of sp³-hybridized carbons (Fsp3) is 0.231. The molecule has 2 aromatic rings. The van der Waals surface area contributed by atoms with E-state index in [4.69, 9.17) is 23.2 Å². The lowest BCUT2D eigenvalue weighted by Crippen LogP contribution is -2.17. The normalized spacial score (nSPS) is 12.7. The van der Waals surface area contributed by atoms with E-state index in [-0.39, 0.29) is 6.04 Å². The standard InChI is InChI=1S/C13H12BrCl2NS/c1-7-4-3-5-8(11(7)16)12(17-2)10-6-9(15)13(14)18-10/h3-6,12,17H,1-2H3. The number of nitrogens with one attached hydrogen (secondary N) is 1. The molecule has 0 spiro atoms. The topological polar surface area (TPSA) is 12.0 Å². The highest BCUT2D eigenvalue weighted by molar-refractivity contribution is 9.11. The van der Waals surface area contributed by atoms with E-state index in [1.54, 1.807) is 11.3 Å². The molecule has 96 valence electrons. The Bertz CT molecular complexity index is 549. The summed E-state index contributed by atoms with van der Waals surface area (Å²) >= 11 is 17.5. The molecule has 0 saturated carbocycles. The lowest BCUT2D eigenvalue weighted by atomic mass is 10.0. The van der Waals surface area contributed by atoms with Gasteiger partial charge in [0.15, 0.2) is 0 Å². The molecule has 0 aliphatic rings. The van der Waals surface area contributed by atoms with Gasteiger partial charge in [0.05, 0.1) is 14.9 Å². The molecule has 1 atom stereocenters. The number of hydrogen-bond donors (Lipinski definition) is 1. The lowest BCUT2D eigenvalue weighted by molar-refractivity contribution is 0.703. The van der Waals surface area contributed by atoms with Crippen molar-refractivity contribution in [3.8, 4) is 0 Å². The molecule has 0 saturated heterocycles. The van der Waals surface area contributed by atoms with E-state index in [1.807, 2.05) is 38.2 Å². The zero-order chi connectivity index (χ0) is 13.3. The number of benzene rings is 1. The third kappa shape index (κ3) is 2.75. The van der Waals surface area contributed by atoms with Crippen LogP contribution in [0.15, 0.2) is 28.1 Å². The monoisotopic (exact) mass is 363 g/mol. The summed E-state index contributed by atoms with van der Waals surface area (Å²) in [5, 5.41) is 4.83. The predicted octanol–water partition coefficient (Wildman–Crippen LogP) is 5.43. The van der Waals surface area contributed by atoms with Crippen molar-refractivity contribution in [2.24, 2.45) is 0 Å². The van der Waals surface area contributed by atoms with Crippen LogP contribution in [0.5, 0.6) is 0 Å². The van der Waals surface area contributed by atoms with Gasteiger partial charge >= 0.3 is 0 Å². The third-order valence-electron chi connectivity index (χ3n) is 2.77. The number of thiophene rings is 1. The van der Waals surface area contributed by atoms with E-state index in [0.717, 1.165) is 29.8 Å².